The lowest BCUT2D eigenvalue weighted by molar-refractivity contribution is 0.500. The molecular formula is C9H20BrN. The molecule has 68 valence electrons. The van der Waals surface area contributed by atoms with E-state index in [4.69, 9.17) is 0 Å². The zero-order chi connectivity index (χ0) is 8.53. The van der Waals surface area contributed by atoms with Crippen LogP contribution in [0.15, 0.2) is 0 Å². The summed E-state index contributed by atoms with van der Waals surface area (Å²) in [5.41, 5.74) is 0. The SMILES string of the molecule is CCCC(C)NCCCCBr. The van der Waals surface area contributed by atoms with Crippen LogP contribution >= 0.6 is 15.9 Å². The smallest absolute Gasteiger partial charge is 0.00386 e. The Morgan fingerprint density at radius 2 is 2.09 bits per heavy atom. The fraction of sp³-hybridized carbons (Fsp3) is 1.00. The summed E-state index contributed by atoms with van der Waals surface area (Å²) >= 11 is 3.42. The number of halogens is 1. The Labute approximate surface area is 79.1 Å². The van der Waals surface area contributed by atoms with Crippen LogP contribution in [-0.2, 0) is 0 Å². The van der Waals surface area contributed by atoms with Gasteiger partial charge in [-0.15, -0.1) is 0 Å². The van der Waals surface area contributed by atoms with Crippen LogP contribution in [0.1, 0.15) is 39.5 Å². The van der Waals surface area contributed by atoms with E-state index < -0.39 is 0 Å². The maximum Gasteiger partial charge on any atom is 0.00386 e. The summed E-state index contributed by atoms with van der Waals surface area (Å²) in [6.45, 7) is 5.67. The highest BCUT2D eigenvalue weighted by atomic mass is 79.9. The maximum absolute atomic E-state index is 3.50. The molecule has 0 aromatic carbocycles. The molecule has 0 bridgehead atoms. The van der Waals surface area contributed by atoms with Gasteiger partial charge in [0, 0.05) is 11.4 Å². The van der Waals surface area contributed by atoms with Gasteiger partial charge in [-0.05, 0) is 32.7 Å². The van der Waals surface area contributed by atoms with E-state index in [0.29, 0.717) is 6.04 Å². The van der Waals surface area contributed by atoms with Gasteiger partial charge in [-0.2, -0.15) is 0 Å². The summed E-state index contributed by atoms with van der Waals surface area (Å²) in [5.74, 6) is 0. The molecule has 2 heteroatoms. The van der Waals surface area contributed by atoms with Gasteiger partial charge in [0.1, 0.15) is 0 Å². The van der Waals surface area contributed by atoms with Crippen molar-refractivity contribution in [2.45, 2.75) is 45.6 Å². The number of rotatable bonds is 7. The fourth-order valence-electron chi connectivity index (χ4n) is 1.10. The first-order chi connectivity index (χ1) is 5.31. The standard InChI is InChI=1S/C9H20BrN/c1-3-6-9(2)11-8-5-4-7-10/h9,11H,3-8H2,1-2H3. The van der Waals surface area contributed by atoms with Gasteiger partial charge in [-0.25, -0.2) is 0 Å². The van der Waals surface area contributed by atoms with Crippen molar-refractivity contribution >= 4 is 15.9 Å². The van der Waals surface area contributed by atoms with Crippen LogP contribution in [-0.4, -0.2) is 17.9 Å². The Morgan fingerprint density at radius 3 is 2.64 bits per heavy atom. The summed E-state index contributed by atoms with van der Waals surface area (Å²) in [4.78, 5) is 0. The van der Waals surface area contributed by atoms with E-state index in [-0.39, 0.29) is 0 Å². The molecule has 1 atom stereocenters. The van der Waals surface area contributed by atoms with Crippen LogP contribution in [0.5, 0.6) is 0 Å². The Morgan fingerprint density at radius 1 is 1.36 bits per heavy atom. The molecule has 0 aliphatic carbocycles. The van der Waals surface area contributed by atoms with Crippen molar-refractivity contribution < 1.29 is 0 Å². The van der Waals surface area contributed by atoms with Crippen molar-refractivity contribution in [2.24, 2.45) is 0 Å². The Hall–Kier alpha value is 0.440. The molecule has 0 heterocycles. The van der Waals surface area contributed by atoms with Crippen molar-refractivity contribution in [1.82, 2.24) is 5.32 Å². The van der Waals surface area contributed by atoms with Gasteiger partial charge in [0.25, 0.3) is 0 Å². The number of hydrogen-bond acceptors (Lipinski definition) is 1. The van der Waals surface area contributed by atoms with E-state index in [9.17, 15) is 0 Å². The predicted octanol–water partition coefficient (Wildman–Crippen LogP) is 2.94. The molecule has 0 radical (unpaired) electrons. The molecule has 11 heavy (non-hydrogen) atoms. The van der Waals surface area contributed by atoms with Gasteiger partial charge in [-0.3, -0.25) is 0 Å². The predicted molar refractivity (Wildman–Crippen MR) is 55.4 cm³/mol. The second-order valence-electron chi connectivity index (χ2n) is 3.04. The summed E-state index contributed by atoms with van der Waals surface area (Å²) < 4.78 is 0. The monoisotopic (exact) mass is 221 g/mol. The van der Waals surface area contributed by atoms with Gasteiger partial charge in [0.2, 0.25) is 0 Å². The van der Waals surface area contributed by atoms with E-state index in [2.05, 4.69) is 35.1 Å². The molecule has 0 aromatic rings. The molecule has 0 rings (SSSR count). The summed E-state index contributed by atoms with van der Waals surface area (Å²) in [5, 5.41) is 4.63. The lowest BCUT2D eigenvalue weighted by Gasteiger charge is -2.11. The van der Waals surface area contributed by atoms with Gasteiger partial charge in [0.05, 0.1) is 0 Å². The minimum absolute atomic E-state index is 0.704. The molecule has 1 N–H and O–H groups in total. The van der Waals surface area contributed by atoms with Crippen LogP contribution in [0.3, 0.4) is 0 Å². The topological polar surface area (TPSA) is 12.0 Å². The lowest BCUT2D eigenvalue weighted by atomic mass is 10.2. The minimum Gasteiger partial charge on any atom is -0.314 e. The zero-order valence-electron chi connectivity index (χ0n) is 7.70. The van der Waals surface area contributed by atoms with E-state index in [1.165, 1.54) is 32.2 Å². The number of unbranched alkanes of at least 4 members (excludes halogenated alkanes) is 1. The van der Waals surface area contributed by atoms with Crippen LogP contribution < -0.4 is 5.32 Å². The third kappa shape index (κ3) is 8.35. The van der Waals surface area contributed by atoms with Crippen LogP contribution in [0.4, 0.5) is 0 Å². The molecule has 0 aliphatic rings. The van der Waals surface area contributed by atoms with Crippen molar-refractivity contribution in [3.05, 3.63) is 0 Å². The molecule has 0 fully saturated rings. The molecular weight excluding hydrogens is 202 g/mol. The number of alkyl halides is 1. The highest BCUT2D eigenvalue weighted by Gasteiger charge is 1.96. The average molecular weight is 222 g/mol. The Bertz CT molecular complexity index is 76.0. The first-order valence-corrected chi connectivity index (χ1v) is 5.72. The summed E-state index contributed by atoms with van der Waals surface area (Å²) in [6.07, 6.45) is 5.16. The quantitative estimate of drug-likeness (QED) is 0.515. The van der Waals surface area contributed by atoms with Crippen molar-refractivity contribution in [3.8, 4) is 0 Å². The van der Waals surface area contributed by atoms with E-state index in [1.54, 1.807) is 0 Å². The normalized spacial score (nSPS) is 13.4. The highest BCUT2D eigenvalue weighted by Crippen LogP contribution is 1.96. The third-order valence-corrected chi connectivity index (χ3v) is 2.34. The van der Waals surface area contributed by atoms with Crippen molar-refractivity contribution in [2.75, 3.05) is 11.9 Å². The molecule has 0 aromatic heterocycles. The third-order valence-electron chi connectivity index (χ3n) is 1.77. The van der Waals surface area contributed by atoms with Crippen molar-refractivity contribution in [1.29, 1.82) is 0 Å². The number of hydrogen-bond donors (Lipinski definition) is 1. The van der Waals surface area contributed by atoms with Crippen LogP contribution in [0.25, 0.3) is 0 Å². The summed E-state index contributed by atoms with van der Waals surface area (Å²) in [6, 6.07) is 0.704. The molecule has 0 amide bonds. The average Bonchev–Trinajstić information content (AvgIpc) is 1.99. The molecule has 0 saturated carbocycles. The molecule has 0 saturated heterocycles. The largest absolute Gasteiger partial charge is 0.314 e. The second-order valence-corrected chi connectivity index (χ2v) is 3.83. The van der Waals surface area contributed by atoms with E-state index >= 15 is 0 Å². The number of nitrogens with one attached hydrogen (secondary N) is 1. The van der Waals surface area contributed by atoms with Crippen LogP contribution in [0.2, 0.25) is 0 Å². The first kappa shape index (κ1) is 11.4. The Kier molecular flexibility index (Phi) is 8.88. The lowest BCUT2D eigenvalue weighted by Crippen LogP contribution is -2.26. The van der Waals surface area contributed by atoms with Crippen LogP contribution in [0, 0.1) is 0 Å². The van der Waals surface area contributed by atoms with Crippen molar-refractivity contribution in [3.63, 3.8) is 0 Å². The van der Waals surface area contributed by atoms with E-state index in [0.717, 1.165) is 5.33 Å². The molecule has 1 nitrogen and oxygen atoms in total. The van der Waals surface area contributed by atoms with Gasteiger partial charge < -0.3 is 5.32 Å². The second kappa shape index (κ2) is 8.54. The fourth-order valence-corrected chi connectivity index (χ4v) is 1.50. The summed E-state index contributed by atoms with van der Waals surface area (Å²) in [7, 11) is 0. The van der Waals surface area contributed by atoms with E-state index in [1.807, 2.05) is 0 Å². The van der Waals surface area contributed by atoms with Gasteiger partial charge in [-0.1, -0.05) is 29.3 Å². The Balaban J connectivity index is 2.97. The highest BCUT2D eigenvalue weighted by molar-refractivity contribution is 9.09. The first-order valence-electron chi connectivity index (χ1n) is 4.60. The van der Waals surface area contributed by atoms with Gasteiger partial charge >= 0.3 is 0 Å². The zero-order valence-corrected chi connectivity index (χ0v) is 9.28. The molecule has 0 spiro atoms. The molecule has 0 aliphatic heterocycles. The van der Waals surface area contributed by atoms with Gasteiger partial charge in [0.15, 0.2) is 0 Å². The maximum atomic E-state index is 3.50. The molecule has 1 unspecified atom stereocenters. The minimum atomic E-state index is 0.704.